The van der Waals surface area contributed by atoms with Crippen molar-refractivity contribution in [3.05, 3.63) is 65.5 Å². The lowest BCUT2D eigenvalue weighted by atomic mass is 10.1. The van der Waals surface area contributed by atoms with E-state index in [9.17, 15) is 9.59 Å². The molecule has 3 aromatic rings. The summed E-state index contributed by atoms with van der Waals surface area (Å²) in [6, 6.07) is 14.9. The fourth-order valence-electron chi connectivity index (χ4n) is 2.84. The first-order valence-corrected chi connectivity index (χ1v) is 8.86. The second kappa shape index (κ2) is 6.13. The summed E-state index contributed by atoms with van der Waals surface area (Å²) in [5.41, 5.74) is 2.98. The van der Waals surface area contributed by atoms with Crippen molar-refractivity contribution in [3.8, 4) is 0 Å². The molecule has 0 spiro atoms. The Morgan fingerprint density at radius 2 is 1.62 bits per heavy atom. The third-order valence-corrected chi connectivity index (χ3v) is 4.96. The summed E-state index contributed by atoms with van der Waals surface area (Å²) in [6.45, 7) is 0.414. The number of H-pyrrole nitrogens is 1. The van der Waals surface area contributed by atoms with Gasteiger partial charge in [0.15, 0.2) is 0 Å². The Labute approximate surface area is 143 Å². The highest BCUT2D eigenvalue weighted by atomic mass is 32.2. The van der Waals surface area contributed by atoms with Gasteiger partial charge in [0.25, 0.3) is 11.8 Å². The van der Waals surface area contributed by atoms with Crippen molar-refractivity contribution in [2.75, 3.05) is 12.3 Å². The van der Waals surface area contributed by atoms with Crippen LogP contribution in [0, 0.1) is 0 Å². The number of nitrogens with one attached hydrogen (secondary N) is 1. The van der Waals surface area contributed by atoms with Crippen molar-refractivity contribution in [2.45, 2.75) is 5.75 Å². The number of benzene rings is 2. The summed E-state index contributed by atoms with van der Waals surface area (Å²) >= 11 is 1.65. The zero-order valence-electron chi connectivity index (χ0n) is 12.9. The lowest BCUT2D eigenvalue weighted by molar-refractivity contribution is 0.0664. The molecule has 0 saturated carbocycles. The third kappa shape index (κ3) is 2.59. The van der Waals surface area contributed by atoms with E-state index in [1.54, 1.807) is 36.0 Å². The van der Waals surface area contributed by atoms with Crippen LogP contribution in [0.15, 0.2) is 48.5 Å². The van der Waals surface area contributed by atoms with Gasteiger partial charge in [0.05, 0.1) is 27.9 Å². The van der Waals surface area contributed by atoms with Crippen LogP contribution >= 0.6 is 11.8 Å². The minimum absolute atomic E-state index is 0.195. The van der Waals surface area contributed by atoms with Crippen LogP contribution in [0.25, 0.3) is 11.0 Å². The van der Waals surface area contributed by atoms with E-state index < -0.39 is 0 Å². The number of thioether (sulfide) groups is 1. The van der Waals surface area contributed by atoms with Crippen LogP contribution in [0.3, 0.4) is 0 Å². The molecule has 5 nitrogen and oxygen atoms in total. The molecule has 2 heterocycles. The zero-order valence-corrected chi connectivity index (χ0v) is 13.7. The van der Waals surface area contributed by atoms with Crippen LogP contribution in [0.4, 0.5) is 0 Å². The summed E-state index contributed by atoms with van der Waals surface area (Å²) in [5.74, 6) is 1.92. The smallest absolute Gasteiger partial charge is 0.261 e. The molecule has 0 bridgehead atoms. The number of carbonyl (C=O) groups excluding carboxylic acids is 2. The van der Waals surface area contributed by atoms with E-state index >= 15 is 0 Å². The predicted molar refractivity (Wildman–Crippen MR) is 94.1 cm³/mol. The number of amides is 2. The monoisotopic (exact) mass is 337 g/mol. The van der Waals surface area contributed by atoms with Crippen LogP contribution < -0.4 is 0 Å². The number of rotatable bonds is 5. The Morgan fingerprint density at radius 3 is 2.33 bits per heavy atom. The molecule has 1 N–H and O–H groups in total. The maximum Gasteiger partial charge on any atom is 0.261 e. The fraction of sp³-hybridized carbons (Fsp3) is 0.167. The van der Waals surface area contributed by atoms with Crippen molar-refractivity contribution < 1.29 is 9.59 Å². The van der Waals surface area contributed by atoms with Gasteiger partial charge >= 0.3 is 0 Å². The molecule has 0 fully saturated rings. The van der Waals surface area contributed by atoms with Crippen LogP contribution in [0.1, 0.15) is 26.5 Å². The van der Waals surface area contributed by atoms with Gasteiger partial charge in [-0.1, -0.05) is 24.3 Å². The molecule has 1 aromatic heterocycles. The quantitative estimate of drug-likeness (QED) is 0.574. The Hall–Kier alpha value is -2.60. The van der Waals surface area contributed by atoms with E-state index in [1.165, 1.54) is 4.90 Å². The van der Waals surface area contributed by atoms with Crippen LogP contribution in [-0.4, -0.2) is 39.0 Å². The van der Waals surface area contributed by atoms with Gasteiger partial charge in [0.1, 0.15) is 5.82 Å². The molecule has 6 heteroatoms. The molecule has 0 radical (unpaired) electrons. The minimum Gasteiger partial charge on any atom is -0.341 e. The van der Waals surface area contributed by atoms with Crippen LogP contribution in [0.2, 0.25) is 0 Å². The average Bonchev–Trinajstić information content (AvgIpc) is 3.13. The summed E-state index contributed by atoms with van der Waals surface area (Å²) < 4.78 is 0. The summed E-state index contributed by atoms with van der Waals surface area (Å²) in [5, 5.41) is 0. The fourth-order valence-corrected chi connectivity index (χ4v) is 3.63. The van der Waals surface area contributed by atoms with Gasteiger partial charge in [-0.05, 0) is 24.3 Å². The molecule has 1 aliphatic heterocycles. The highest BCUT2D eigenvalue weighted by Gasteiger charge is 2.34. The molecular weight excluding hydrogens is 322 g/mol. The average molecular weight is 337 g/mol. The lowest BCUT2D eigenvalue weighted by Crippen LogP contribution is -2.31. The highest BCUT2D eigenvalue weighted by Crippen LogP contribution is 2.23. The number of nitrogens with zero attached hydrogens (tertiary/aromatic N) is 2. The molecule has 0 atom stereocenters. The Bertz CT molecular complexity index is 867. The Balaban J connectivity index is 1.35. The third-order valence-electron chi connectivity index (χ3n) is 4.01. The first kappa shape index (κ1) is 15.0. The van der Waals surface area contributed by atoms with E-state index in [0.29, 0.717) is 23.4 Å². The maximum atomic E-state index is 12.3. The lowest BCUT2D eigenvalue weighted by Gasteiger charge is -2.12. The largest absolute Gasteiger partial charge is 0.341 e. The van der Waals surface area contributed by atoms with Crippen molar-refractivity contribution in [1.82, 2.24) is 14.9 Å². The van der Waals surface area contributed by atoms with Crippen molar-refractivity contribution in [1.29, 1.82) is 0 Å². The van der Waals surface area contributed by atoms with Crippen molar-refractivity contribution in [3.63, 3.8) is 0 Å². The first-order valence-electron chi connectivity index (χ1n) is 7.70. The van der Waals surface area contributed by atoms with Crippen LogP contribution in [-0.2, 0) is 5.75 Å². The maximum absolute atomic E-state index is 12.3. The van der Waals surface area contributed by atoms with E-state index in [1.807, 2.05) is 24.3 Å². The van der Waals surface area contributed by atoms with E-state index in [4.69, 9.17) is 0 Å². The topological polar surface area (TPSA) is 66.1 Å². The van der Waals surface area contributed by atoms with Gasteiger partial charge in [-0.15, -0.1) is 0 Å². The summed E-state index contributed by atoms with van der Waals surface area (Å²) in [4.78, 5) is 33.7. The number of para-hydroxylation sites is 2. The van der Waals surface area contributed by atoms with E-state index in [-0.39, 0.29) is 11.8 Å². The molecule has 2 amide bonds. The van der Waals surface area contributed by atoms with Gasteiger partial charge in [-0.3, -0.25) is 14.5 Å². The summed E-state index contributed by atoms with van der Waals surface area (Å²) in [6.07, 6.45) is 0. The Morgan fingerprint density at radius 1 is 0.958 bits per heavy atom. The second-order valence-electron chi connectivity index (χ2n) is 5.56. The van der Waals surface area contributed by atoms with Crippen molar-refractivity contribution >= 4 is 34.6 Å². The highest BCUT2D eigenvalue weighted by molar-refractivity contribution is 7.98. The molecule has 0 aliphatic carbocycles. The van der Waals surface area contributed by atoms with Gasteiger partial charge in [0.2, 0.25) is 0 Å². The van der Waals surface area contributed by atoms with Gasteiger partial charge in [-0.25, -0.2) is 4.98 Å². The molecule has 4 rings (SSSR count). The molecule has 0 unspecified atom stereocenters. The molecule has 1 aliphatic rings. The van der Waals surface area contributed by atoms with Crippen LogP contribution in [0.5, 0.6) is 0 Å². The number of hydrogen-bond acceptors (Lipinski definition) is 4. The number of hydrogen-bond donors (Lipinski definition) is 1. The summed E-state index contributed by atoms with van der Waals surface area (Å²) in [7, 11) is 0. The number of fused-ring (bicyclic) bond motifs is 2. The molecular formula is C18H15N3O2S. The van der Waals surface area contributed by atoms with Crippen molar-refractivity contribution in [2.24, 2.45) is 0 Å². The zero-order chi connectivity index (χ0) is 16.5. The minimum atomic E-state index is -0.195. The SMILES string of the molecule is O=C1c2ccccc2C(=O)N1CCSCc1nc2ccccc2[nH]1. The number of aromatic nitrogens is 2. The molecule has 2 aromatic carbocycles. The second-order valence-corrected chi connectivity index (χ2v) is 6.67. The number of carbonyl (C=O) groups is 2. The molecule has 120 valence electrons. The van der Waals surface area contributed by atoms with E-state index in [2.05, 4.69) is 9.97 Å². The van der Waals surface area contributed by atoms with Gasteiger partial charge in [-0.2, -0.15) is 11.8 Å². The van der Waals surface area contributed by atoms with Gasteiger partial charge < -0.3 is 4.98 Å². The van der Waals surface area contributed by atoms with E-state index in [0.717, 1.165) is 22.6 Å². The first-order chi connectivity index (χ1) is 11.7. The predicted octanol–water partition coefficient (Wildman–Crippen LogP) is 3.09. The normalized spacial score (nSPS) is 13.8. The van der Waals surface area contributed by atoms with Gasteiger partial charge in [0, 0.05) is 12.3 Å². The Kier molecular flexibility index (Phi) is 3.82. The molecule has 24 heavy (non-hydrogen) atoms. The standard InChI is InChI=1S/C18H15N3O2S/c22-17-12-5-1-2-6-13(12)18(23)21(17)9-10-24-11-16-19-14-7-3-4-8-15(14)20-16/h1-8H,9-11H2,(H,19,20). The number of imidazole rings is 1. The number of imide groups is 1. The molecule has 0 saturated heterocycles. The number of aromatic amines is 1.